The van der Waals surface area contributed by atoms with Crippen LogP contribution in [0, 0.1) is 5.82 Å². The van der Waals surface area contributed by atoms with E-state index < -0.39 is 0 Å². The second-order valence-corrected chi connectivity index (χ2v) is 7.40. The van der Waals surface area contributed by atoms with Crippen molar-refractivity contribution >= 4 is 23.5 Å². The van der Waals surface area contributed by atoms with Crippen LogP contribution < -0.4 is 10.2 Å². The second-order valence-electron chi connectivity index (χ2n) is 6.30. The summed E-state index contributed by atoms with van der Waals surface area (Å²) in [6.07, 6.45) is 2.48. The van der Waals surface area contributed by atoms with Gasteiger partial charge in [-0.1, -0.05) is 12.1 Å². The number of carbonyl (C=O) groups excluding carboxylic acids is 1. The summed E-state index contributed by atoms with van der Waals surface area (Å²) in [6.45, 7) is 2.69. The zero-order chi connectivity index (χ0) is 17.9. The maximum atomic E-state index is 14.0. The molecule has 0 bridgehead atoms. The Balaban J connectivity index is 1.58. The van der Waals surface area contributed by atoms with Gasteiger partial charge >= 0.3 is 0 Å². The zero-order valence-corrected chi connectivity index (χ0v) is 15.1. The third kappa shape index (κ3) is 3.41. The van der Waals surface area contributed by atoms with E-state index in [1.54, 1.807) is 24.4 Å². The molecule has 2 aromatic rings. The van der Waals surface area contributed by atoms with Gasteiger partial charge in [-0.05, 0) is 30.2 Å². The average Bonchev–Trinajstić information content (AvgIpc) is 2.69. The lowest BCUT2D eigenvalue weighted by atomic mass is 10.0. The molecule has 0 radical (unpaired) electrons. The molecule has 7 heteroatoms. The minimum atomic E-state index is -0.221. The Morgan fingerprint density at radius 3 is 2.96 bits per heavy atom. The van der Waals surface area contributed by atoms with Crippen molar-refractivity contribution in [3.8, 4) is 0 Å². The van der Waals surface area contributed by atoms with E-state index in [9.17, 15) is 9.18 Å². The summed E-state index contributed by atoms with van der Waals surface area (Å²) in [4.78, 5) is 20.1. The zero-order valence-electron chi connectivity index (χ0n) is 14.3. The van der Waals surface area contributed by atoms with Crippen molar-refractivity contribution in [2.75, 3.05) is 37.0 Å². The lowest BCUT2D eigenvalue weighted by Gasteiger charge is -2.30. The summed E-state index contributed by atoms with van der Waals surface area (Å²) in [5.74, 6) is 1.06. The van der Waals surface area contributed by atoms with Gasteiger partial charge in [0, 0.05) is 29.9 Å². The SMILES string of the molecule is O=C(N[C@H]1CCSc2c(F)cccc21)c1cccnc1N1CCOCC1. The molecule has 1 aromatic heterocycles. The normalized spacial score (nSPS) is 19.7. The van der Waals surface area contributed by atoms with E-state index >= 15 is 0 Å². The predicted octanol–water partition coefficient (Wildman–Crippen LogP) is 3.02. The topological polar surface area (TPSA) is 54.5 Å². The number of morpholine rings is 1. The first kappa shape index (κ1) is 17.3. The first-order valence-electron chi connectivity index (χ1n) is 8.74. The summed E-state index contributed by atoms with van der Waals surface area (Å²) >= 11 is 1.51. The van der Waals surface area contributed by atoms with Gasteiger partial charge in [-0.15, -0.1) is 11.8 Å². The maximum Gasteiger partial charge on any atom is 0.255 e. The standard InChI is InChI=1S/C19H20FN3O2S/c20-15-5-1-3-13-16(6-12-26-17(13)15)22-19(24)14-4-2-7-21-18(14)23-8-10-25-11-9-23/h1-5,7,16H,6,8-12H2,(H,22,24)/t16-/m0/s1. The molecule has 1 atom stereocenters. The molecule has 26 heavy (non-hydrogen) atoms. The minimum Gasteiger partial charge on any atom is -0.378 e. The number of fused-ring (bicyclic) bond motifs is 1. The van der Waals surface area contributed by atoms with Crippen LogP contribution in [0.25, 0.3) is 0 Å². The van der Waals surface area contributed by atoms with Gasteiger partial charge in [0.15, 0.2) is 0 Å². The quantitative estimate of drug-likeness (QED) is 0.896. The number of nitrogens with zero attached hydrogens (tertiary/aromatic N) is 2. The van der Waals surface area contributed by atoms with Gasteiger partial charge in [0.2, 0.25) is 0 Å². The first-order valence-corrected chi connectivity index (χ1v) is 9.72. The highest BCUT2D eigenvalue weighted by Gasteiger charge is 2.26. The molecular formula is C19H20FN3O2S. The van der Waals surface area contributed by atoms with Gasteiger partial charge in [-0.3, -0.25) is 4.79 Å². The van der Waals surface area contributed by atoms with E-state index in [2.05, 4.69) is 15.2 Å². The average molecular weight is 373 g/mol. The van der Waals surface area contributed by atoms with Gasteiger partial charge in [0.1, 0.15) is 11.6 Å². The summed E-state index contributed by atoms with van der Waals surface area (Å²) in [7, 11) is 0. The lowest BCUT2D eigenvalue weighted by molar-refractivity contribution is 0.0933. The van der Waals surface area contributed by atoms with Crippen LogP contribution in [0.2, 0.25) is 0 Å². The van der Waals surface area contributed by atoms with Crippen LogP contribution >= 0.6 is 11.8 Å². The number of hydrogen-bond acceptors (Lipinski definition) is 5. The van der Waals surface area contributed by atoms with Crippen molar-refractivity contribution in [2.24, 2.45) is 0 Å². The van der Waals surface area contributed by atoms with Crippen LogP contribution in [-0.4, -0.2) is 42.9 Å². The van der Waals surface area contributed by atoms with Gasteiger partial charge in [-0.25, -0.2) is 9.37 Å². The van der Waals surface area contributed by atoms with Crippen molar-refractivity contribution in [3.05, 3.63) is 53.5 Å². The number of halogens is 1. The summed E-state index contributed by atoms with van der Waals surface area (Å²) in [6, 6.07) is 8.42. The fourth-order valence-corrected chi connectivity index (χ4v) is 4.51. The van der Waals surface area contributed by atoms with Crippen LogP contribution in [0.1, 0.15) is 28.4 Å². The fourth-order valence-electron chi connectivity index (χ4n) is 3.37. The molecule has 0 unspecified atom stereocenters. The first-order chi connectivity index (χ1) is 12.7. The molecular weight excluding hydrogens is 353 g/mol. The van der Waals surface area contributed by atoms with E-state index in [-0.39, 0.29) is 17.8 Å². The van der Waals surface area contributed by atoms with E-state index in [4.69, 9.17) is 4.74 Å². The number of thioether (sulfide) groups is 1. The molecule has 0 aliphatic carbocycles. The number of aromatic nitrogens is 1. The lowest BCUT2D eigenvalue weighted by Crippen LogP contribution is -2.39. The molecule has 136 valence electrons. The number of rotatable bonds is 3. The number of ether oxygens (including phenoxy) is 1. The Morgan fingerprint density at radius 2 is 2.12 bits per heavy atom. The number of hydrogen-bond donors (Lipinski definition) is 1. The van der Waals surface area contributed by atoms with Crippen molar-refractivity contribution in [2.45, 2.75) is 17.4 Å². The van der Waals surface area contributed by atoms with E-state index in [1.165, 1.54) is 17.8 Å². The Labute approximate surface area is 155 Å². The number of anilines is 1. The largest absolute Gasteiger partial charge is 0.378 e. The highest BCUT2D eigenvalue weighted by atomic mass is 32.2. The molecule has 1 N–H and O–H groups in total. The number of nitrogens with one attached hydrogen (secondary N) is 1. The van der Waals surface area contributed by atoms with E-state index in [0.29, 0.717) is 42.6 Å². The third-order valence-corrected chi connectivity index (χ3v) is 5.83. The molecule has 1 saturated heterocycles. The van der Waals surface area contributed by atoms with Crippen molar-refractivity contribution < 1.29 is 13.9 Å². The highest BCUT2D eigenvalue weighted by molar-refractivity contribution is 7.99. The molecule has 1 amide bonds. The van der Waals surface area contributed by atoms with Crippen LogP contribution in [0.5, 0.6) is 0 Å². The molecule has 1 fully saturated rings. The maximum absolute atomic E-state index is 14.0. The van der Waals surface area contributed by atoms with Crippen molar-refractivity contribution in [1.82, 2.24) is 10.3 Å². The van der Waals surface area contributed by atoms with Gasteiger partial charge < -0.3 is 15.0 Å². The minimum absolute atomic E-state index is 0.174. The van der Waals surface area contributed by atoms with E-state index in [0.717, 1.165) is 17.7 Å². The Kier molecular flexibility index (Phi) is 5.08. The monoisotopic (exact) mass is 373 g/mol. The van der Waals surface area contributed by atoms with Crippen LogP contribution in [-0.2, 0) is 4.74 Å². The number of benzene rings is 1. The third-order valence-electron chi connectivity index (χ3n) is 4.67. The van der Waals surface area contributed by atoms with Gasteiger partial charge in [0.05, 0.1) is 24.8 Å². The number of amides is 1. The molecule has 2 aliphatic rings. The Hall–Kier alpha value is -2.12. The summed E-state index contributed by atoms with van der Waals surface area (Å²) < 4.78 is 19.4. The Morgan fingerprint density at radius 1 is 1.27 bits per heavy atom. The highest BCUT2D eigenvalue weighted by Crippen LogP contribution is 2.38. The fraction of sp³-hybridized carbons (Fsp3) is 0.368. The number of carbonyl (C=O) groups is 1. The molecule has 1 aromatic carbocycles. The number of pyridine rings is 1. The van der Waals surface area contributed by atoms with E-state index in [1.807, 2.05) is 6.07 Å². The predicted molar refractivity (Wildman–Crippen MR) is 99.2 cm³/mol. The molecule has 2 aliphatic heterocycles. The molecule has 4 rings (SSSR count). The van der Waals surface area contributed by atoms with Crippen LogP contribution in [0.4, 0.5) is 10.2 Å². The smallest absolute Gasteiger partial charge is 0.255 e. The molecule has 3 heterocycles. The van der Waals surface area contributed by atoms with Crippen molar-refractivity contribution in [3.63, 3.8) is 0 Å². The molecule has 0 spiro atoms. The second kappa shape index (κ2) is 7.63. The van der Waals surface area contributed by atoms with Crippen molar-refractivity contribution in [1.29, 1.82) is 0 Å². The van der Waals surface area contributed by atoms with Gasteiger partial charge in [0.25, 0.3) is 5.91 Å². The summed E-state index contributed by atoms with van der Waals surface area (Å²) in [5, 5.41) is 3.08. The molecule has 0 saturated carbocycles. The molecule has 5 nitrogen and oxygen atoms in total. The van der Waals surface area contributed by atoms with Crippen LogP contribution in [0.15, 0.2) is 41.4 Å². The Bertz CT molecular complexity index is 811. The van der Waals surface area contributed by atoms with Gasteiger partial charge in [-0.2, -0.15) is 0 Å². The van der Waals surface area contributed by atoms with Crippen LogP contribution in [0.3, 0.4) is 0 Å². The summed E-state index contributed by atoms with van der Waals surface area (Å²) in [5.41, 5.74) is 1.40.